The summed E-state index contributed by atoms with van der Waals surface area (Å²) in [6.45, 7) is 5.64. The summed E-state index contributed by atoms with van der Waals surface area (Å²) in [5.41, 5.74) is 5.68. The molecule has 4 unspecified atom stereocenters. The molecule has 0 amide bonds. The van der Waals surface area contributed by atoms with Gasteiger partial charge < -0.3 is 5.73 Å². The molecule has 2 N–H and O–H groups in total. The van der Waals surface area contributed by atoms with E-state index in [0.717, 1.165) is 19.3 Å². The van der Waals surface area contributed by atoms with Gasteiger partial charge >= 0.3 is 0 Å². The van der Waals surface area contributed by atoms with E-state index < -0.39 is 15.1 Å². The average Bonchev–Trinajstić information content (AvgIpc) is 2.16. The van der Waals surface area contributed by atoms with Crippen molar-refractivity contribution in [1.82, 2.24) is 0 Å². The number of hydrogen-bond donors (Lipinski definition) is 1. The zero-order valence-electron chi connectivity index (χ0n) is 9.94. The zero-order chi connectivity index (χ0) is 11.6. The molecule has 0 aromatic carbocycles. The molecular formula is C11H23NO2S. The molecule has 1 aliphatic rings. The second-order valence-electron chi connectivity index (χ2n) is 5.05. The Morgan fingerprint density at radius 3 is 2.33 bits per heavy atom. The Bertz CT molecular complexity index is 298. The van der Waals surface area contributed by atoms with Crippen LogP contribution in [0.5, 0.6) is 0 Å². The van der Waals surface area contributed by atoms with Crippen LogP contribution in [0, 0.1) is 5.92 Å². The molecule has 4 atom stereocenters. The summed E-state index contributed by atoms with van der Waals surface area (Å²) in [6, 6.07) is -0.271. The second-order valence-corrected chi connectivity index (χ2v) is 7.64. The lowest BCUT2D eigenvalue weighted by Crippen LogP contribution is -2.42. The fourth-order valence-corrected chi connectivity index (χ4v) is 4.58. The fourth-order valence-electron chi connectivity index (χ4n) is 2.28. The monoisotopic (exact) mass is 233 g/mol. The Kier molecular flexibility index (Phi) is 4.18. The summed E-state index contributed by atoms with van der Waals surface area (Å²) < 4.78 is 24.4. The van der Waals surface area contributed by atoms with Crippen LogP contribution in [-0.2, 0) is 9.84 Å². The average molecular weight is 233 g/mol. The van der Waals surface area contributed by atoms with Crippen LogP contribution in [0.15, 0.2) is 0 Å². The minimum Gasteiger partial charge on any atom is -0.327 e. The molecule has 0 heterocycles. The predicted molar refractivity (Wildman–Crippen MR) is 63.5 cm³/mol. The van der Waals surface area contributed by atoms with Crippen molar-refractivity contribution in [2.24, 2.45) is 11.7 Å². The van der Waals surface area contributed by atoms with Gasteiger partial charge in [0.25, 0.3) is 0 Å². The third-order valence-corrected chi connectivity index (χ3v) is 6.43. The van der Waals surface area contributed by atoms with E-state index in [2.05, 4.69) is 6.92 Å². The standard InChI is InChI=1S/C11H23NO2S/c1-8-5-4-6-11(7-8)15(13,14)10(3)9(2)12/h8-11H,4-7,12H2,1-3H3. The topological polar surface area (TPSA) is 60.2 Å². The first-order valence-corrected chi connectivity index (χ1v) is 7.45. The van der Waals surface area contributed by atoms with Crippen LogP contribution in [0.2, 0.25) is 0 Å². The number of nitrogens with two attached hydrogens (primary N) is 1. The molecule has 4 heteroatoms. The highest BCUT2D eigenvalue weighted by molar-refractivity contribution is 7.92. The molecule has 15 heavy (non-hydrogen) atoms. The van der Waals surface area contributed by atoms with E-state index in [9.17, 15) is 8.42 Å². The van der Waals surface area contributed by atoms with Gasteiger partial charge in [0.15, 0.2) is 9.84 Å². The largest absolute Gasteiger partial charge is 0.327 e. The van der Waals surface area contributed by atoms with Gasteiger partial charge in [-0.2, -0.15) is 0 Å². The maximum absolute atomic E-state index is 12.2. The van der Waals surface area contributed by atoms with Crippen LogP contribution in [0.25, 0.3) is 0 Å². The number of sulfone groups is 1. The molecule has 1 fully saturated rings. The van der Waals surface area contributed by atoms with Crippen LogP contribution in [-0.4, -0.2) is 25.0 Å². The van der Waals surface area contributed by atoms with Gasteiger partial charge in [-0.3, -0.25) is 0 Å². The Balaban J connectivity index is 2.77. The first kappa shape index (κ1) is 13.0. The van der Waals surface area contributed by atoms with Crippen molar-refractivity contribution in [1.29, 1.82) is 0 Å². The normalized spacial score (nSPS) is 32.3. The van der Waals surface area contributed by atoms with Crippen LogP contribution in [0.4, 0.5) is 0 Å². The first-order valence-electron chi connectivity index (χ1n) is 5.84. The quantitative estimate of drug-likeness (QED) is 0.807. The van der Waals surface area contributed by atoms with Gasteiger partial charge in [0.05, 0.1) is 10.5 Å². The highest BCUT2D eigenvalue weighted by Gasteiger charge is 2.35. The first-order chi connectivity index (χ1) is 6.85. The second kappa shape index (κ2) is 4.83. The van der Waals surface area contributed by atoms with Gasteiger partial charge in [0, 0.05) is 6.04 Å². The molecule has 0 bridgehead atoms. The lowest BCUT2D eigenvalue weighted by atomic mass is 9.91. The van der Waals surface area contributed by atoms with Crippen LogP contribution in [0.1, 0.15) is 46.5 Å². The van der Waals surface area contributed by atoms with Crippen molar-refractivity contribution < 1.29 is 8.42 Å². The van der Waals surface area contributed by atoms with Crippen LogP contribution < -0.4 is 5.73 Å². The smallest absolute Gasteiger partial charge is 0.157 e. The van der Waals surface area contributed by atoms with E-state index in [-0.39, 0.29) is 11.3 Å². The van der Waals surface area contributed by atoms with E-state index in [1.165, 1.54) is 6.42 Å². The molecule has 0 radical (unpaired) electrons. The van der Waals surface area contributed by atoms with Gasteiger partial charge in [0.2, 0.25) is 0 Å². The minimum absolute atomic E-state index is 0.151. The summed E-state index contributed by atoms with van der Waals surface area (Å²) >= 11 is 0. The highest BCUT2D eigenvalue weighted by atomic mass is 32.2. The molecule has 1 rings (SSSR count). The van der Waals surface area contributed by atoms with Crippen molar-refractivity contribution in [3.05, 3.63) is 0 Å². The van der Waals surface area contributed by atoms with Crippen molar-refractivity contribution in [2.75, 3.05) is 0 Å². The summed E-state index contributed by atoms with van der Waals surface area (Å²) in [7, 11) is -3.02. The molecular weight excluding hydrogens is 210 g/mol. The van der Waals surface area contributed by atoms with Gasteiger partial charge in [-0.15, -0.1) is 0 Å². The maximum Gasteiger partial charge on any atom is 0.157 e. The molecule has 3 nitrogen and oxygen atoms in total. The van der Waals surface area contributed by atoms with E-state index >= 15 is 0 Å². The van der Waals surface area contributed by atoms with Crippen LogP contribution in [0.3, 0.4) is 0 Å². The molecule has 1 aliphatic carbocycles. The Labute approximate surface area is 93.3 Å². The molecule has 0 spiro atoms. The Morgan fingerprint density at radius 2 is 1.87 bits per heavy atom. The van der Waals surface area contributed by atoms with Crippen LogP contribution >= 0.6 is 0 Å². The molecule has 90 valence electrons. The lowest BCUT2D eigenvalue weighted by Gasteiger charge is -2.30. The number of rotatable bonds is 3. The molecule has 1 saturated carbocycles. The van der Waals surface area contributed by atoms with Gasteiger partial charge in [0.1, 0.15) is 0 Å². The highest BCUT2D eigenvalue weighted by Crippen LogP contribution is 2.30. The molecule has 0 aromatic heterocycles. The summed E-state index contributed by atoms with van der Waals surface area (Å²) in [5, 5.41) is -0.560. The predicted octanol–water partition coefficient (Wildman–Crippen LogP) is 1.72. The third kappa shape index (κ3) is 2.94. The Morgan fingerprint density at radius 1 is 1.27 bits per heavy atom. The maximum atomic E-state index is 12.2. The van der Waals surface area contributed by atoms with Gasteiger partial charge in [-0.1, -0.05) is 19.8 Å². The minimum atomic E-state index is -3.02. The van der Waals surface area contributed by atoms with Gasteiger partial charge in [-0.25, -0.2) is 8.42 Å². The third-order valence-electron chi connectivity index (χ3n) is 3.61. The molecule has 0 aliphatic heterocycles. The van der Waals surface area contributed by atoms with Crippen molar-refractivity contribution in [3.63, 3.8) is 0 Å². The van der Waals surface area contributed by atoms with Crippen molar-refractivity contribution in [2.45, 2.75) is 63.0 Å². The van der Waals surface area contributed by atoms with E-state index in [1.807, 2.05) is 0 Å². The lowest BCUT2D eigenvalue weighted by molar-refractivity contribution is 0.379. The van der Waals surface area contributed by atoms with Gasteiger partial charge in [-0.05, 0) is 32.6 Å². The summed E-state index contributed by atoms with van der Waals surface area (Å²) in [6.07, 6.45) is 3.85. The van der Waals surface area contributed by atoms with E-state index in [4.69, 9.17) is 5.73 Å². The van der Waals surface area contributed by atoms with E-state index in [0.29, 0.717) is 5.92 Å². The Hall–Kier alpha value is -0.0900. The van der Waals surface area contributed by atoms with Crippen molar-refractivity contribution >= 4 is 9.84 Å². The SMILES string of the molecule is CC1CCCC(S(=O)(=O)C(C)C(C)N)C1. The fraction of sp³-hybridized carbons (Fsp3) is 1.00. The zero-order valence-corrected chi connectivity index (χ0v) is 10.8. The number of hydrogen-bond acceptors (Lipinski definition) is 3. The molecule has 0 aromatic rings. The summed E-state index contributed by atoms with van der Waals surface area (Å²) in [4.78, 5) is 0. The summed E-state index contributed by atoms with van der Waals surface area (Å²) in [5.74, 6) is 0.541. The molecule has 0 saturated heterocycles. The van der Waals surface area contributed by atoms with Crippen molar-refractivity contribution in [3.8, 4) is 0 Å². The van der Waals surface area contributed by atoms with E-state index in [1.54, 1.807) is 13.8 Å².